The first-order valence-electron chi connectivity index (χ1n) is 7.55. The highest BCUT2D eigenvalue weighted by Gasteiger charge is 2.13. The molecule has 0 radical (unpaired) electrons. The van der Waals surface area contributed by atoms with Crippen molar-refractivity contribution in [3.63, 3.8) is 0 Å². The van der Waals surface area contributed by atoms with Gasteiger partial charge in [0.15, 0.2) is 0 Å². The van der Waals surface area contributed by atoms with Crippen molar-refractivity contribution in [1.82, 2.24) is 29.8 Å². The minimum Gasteiger partial charge on any atom is -0.269 e. The van der Waals surface area contributed by atoms with Gasteiger partial charge < -0.3 is 0 Å². The van der Waals surface area contributed by atoms with E-state index in [0.717, 1.165) is 23.2 Å². The summed E-state index contributed by atoms with van der Waals surface area (Å²) in [6, 6.07) is 4.49. The van der Waals surface area contributed by atoms with Crippen molar-refractivity contribution in [3.8, 4) is 11.3 Å². The molecule has 22 heavy (non-hydrogen) atoms. The minimum atomic E-state index is 0.119. The Labute approximate surface area is 129 Å². The summed E-state index contributed by atoms with van der Waals surface area (Å²) in [6.45, 7) is 6.40. The van der Waals surface area contributed by atoms with Crippen LogP contribution in [0.3, 0.4) is 0 Å². The van der Waals surface area contributed by atoms with Gasteiger partial charge in [-0.15, -0.1) is 5.10 Å². The van der Waals surface area contributed by atoms with Crippen LogP contribution < -0.4 is 0 Å². The molecule has 114 valence electrons. The van der Waals surface area contributed by atoms with Crippen molar-refractivity contribution in [1.29, 1.82) is 0 Å². The molecular weight excluding hydrogens is 276 g/mol. The summed E-state index contributed by atoms with van der Waals surface area (Å²) in [5, 5.41) is 12.9. The minimum absolute atomic E-state index is 0.119. The van der Waals surface area contributed by atoms with E-state index in [1.54, 1.807) is 12.4 Å². The maximum absolute atomic E-state index is 4.41. The van der Waals surface area contributed by atoms with Crippen LogP contribution in [0.4, 0.5) is 0 Å². The highest BCUT2D eigenvalue weighted by atomic mass is 15.4. The second-order valence-corrected chi connectivity index (χ2v) is 5.51. The summed E-state index contributed by atoms with van der Waals surface area (Å²) >= 11 is 0. The van der Waals surface area contributed by atoms with Gasteiger partial charge in [-0.3, -0.25) is 9.67 Å². The van der Waals surface area contributed by atoms with Crippen molar-refractivity contribution in [2.75, 3.05) is 0 Å². The third-order valence-electron chi connectivity index (χ3n) is 4.04. The fraction of sp³-hybridized carbons (Fsp3) is 0.375. The topological polar surface area (TPSA) is 61.4 Å². The average molecular weight is 296 g/mol. The fourth-order valence-electron chi connectivity index (χ4n) is 2.29. The van der Waals surface area contributed by atoms with Gasteiger partial charge in [0.05, 0.1) is 18.4 Å². The molecule has 0 aliphatic heterocycles. The van der Waals surface area contributed by atoms with E-state index in [2.05, 4.69) is 41.2 Å². The molecule has 0 fully saturated rings. The molecule has 0 aliphatic rings. The van der Waals surface area contributed by atoms with Crippen LogP contribution in [0.25, 0.3) is 11.3 Å². The molecule has 0 aromatic carbocycles. The molecule has 0 aliphatic carbocycles. The van der Waals surface area contributed by atoms with E-state index in [1.807, 2.05) is 40.1 Å². The van der Waals surface area contributed by atoms with Gasteiger partial charge in [-0.05, 0) is 38.0 Å². The predicted octanol–water partition coefficient (Wildman–Crippen LogP) is 3.12. The maximum atomic E-state index is 4.41. The number of nitrogens with zero attached hydrogens (tertiary/aromatic N) is 6. The Morgan fingerprint density at radius 1 is 1.09 bits per heavy atom. The molecule has 0 spiro atoms. The lowest BCUT2D eigenvalue weighted by atomic mass is 10.1. The van der Waals surface area contributed by atoms with Gasteiger partial charge in [-0.1, -0.05) is 12.1 Å². The Kier molecular flexibility index (Phi) is 4.00. The van der Waals surface area contributed by atoms with Crippen molar-refractivity contribution in [3.05, 3.63) is 48.7 Å². The molecule has 6 heteroatoms. The zero-order chi connectivity index (χ0) is 15.5. The molecule has 0 bridgehead atoms. The van der Waals surface area contributed by atoms with E-state index in [4.69, 9.17) is 0 Å². The summed E-state index contributed by atoms with van der Waals surface area (Å²) in [5.41, 5.74) is 2.99. The first kappa shape index (κ1) is 14.4. The summed E-state index contributed by atoms with van der Waals surface area (Å²) in [5.74, 6) is 0. The van der Waals surface area contributed by atoms with Crippen LogP contribution in [0.15, 0.2) is 43.1 Å². The van der Waals surface area contributed by atoms with Crippen LogP contribution in [0.1, 0.15) is 44.8 Å². The lowest BCUT2D eigenvalue weighted by Crippen LogP contribution is -2.07. The first-order valence-corrected chi connectivity index (χ1v) is 7.55. The Morgan fingerprint density at radius 2 is 1.86 bits per heavy atom. The standard InChI is InChI=1S/C16H20N6/c1-4-12(2)21-10-15(9-18-21)16-11-22(20-19-16)13(3)14-5-7-17-8-6-14/h5-13H,4H2,1-3H3/t12?,13-/m1/s1. The van der Waals surface area contributed by atoms with Crippen LogP contribution in [0, 0.1) is 0 Å². The smallest absolute Gasteiger partial charge is 0.116 e. The van der Waals surface area contributed by atoms with Crippen molar-refractivity contribution in [2.45, 2.75) is 39.3 Å². The van der Waals surface area contributed by atoms with E-state index in [9.17, 15) is 0 Å². The monoisotopic (exact) mass is 296 g/mol. The zero-order valence-corrected chi connectivity index (χ0v) is 13.1. The normalized spacial score (nSPS) is 14.0. The largest absolute Gasteiger partial charge is 0.269 e. The number of rotatable bonds is 5. The van der Waals surface area contributed by atoms with Gasteiger partial charge in [0.25, 0.3) is 0 Å². The van der Waals surface area contributed by atoms with E-state index in [-0.39, 0.29) is 6.04 Å². The second-order valence-electron chi connectivity index (χ2n) is 5.51. The molecular formula is C16H20N6. The van der Waals surface area contributed by atoms with Gasteiger partial charge >= 0.3 is 0 Å². The van der Waals surface area contributed by atoms with E-state index in [0.29, 0.717) is 6.04 Å². The van der Waals surface area contributed by atoms with Crippen LogP contribution in [-0.2, 0) is 0 Å². The van der Waals surface area contributed by atoms with Gasteiger partial charge in [0, 0.05) is 30.2 Å². The third-order valence-corrected chi connectivity index (χ3v) is 4.04. The molecule has 3 heterocycles. The van der Waals surface area contributed by atoms with E-state index in [1.165, 1.54) is 0 Å². The SMILES string of the molecule is CCC(C)n1cc(-c2cn([C@H](C)c3ccncc3)nn2)cn1. The summed E-state index contributed by atoms with van der Waals surface area (Å²) in [6.07, 6.45) is 10.5. The van der Waals surface area contributed by atoms with E-state index < -0.39 is 0 Å². The number of hydrogen-bond donors (Lipinski definition) is 0. The van der Waals surface area contributed by atoms with Crippen molar-refractivity contribution in [2.24, 2.45) is 0 Å². The third kappa shape index (κ3) is 2.77. The highest BCUT2D eigenvalue weighted by molar-refractivity contribution is 5.55. The molecule has 0 N–H and O–H groups in total. The van der Waals surface area contributed by atoms with Crippen LogP contribution in [-0.4, -0.2) is 29.8 Å². The van der Waals surface area contributed by atoms with Gasteiger partial charge in [0.2, 0.25) is 0 Å². The lowest BCUT2D eigenvalue weighted by Gasteiger charge is -2.10. The summed E-state index contributed by atoms with van der Waals surface area (Å²) < 4.78 is 3.84. The van der Waals surface area contributed by atoms with Crippen molar-refractivity contribution < 1.29 is 0 Å². The van der Waals surface area contributed by atoms with Crippen LogP contribution in [0.2, 0.25) is 0 Å². The fourth-order valence-corrected chi connectivity index (χ4v) is 2.29. The summed E-state index contributed by atoms with van der Waals surface area (Å²) in [7, 11) is 0. The number of pyridine rings is 1. The Bertz CT molecular complexity index is 730. The first-order chi connectivity index (χ1) is 10.7. The Hall–Kier alpha value is -2.50. The highest BCUT2D eigenvalue weighted by Crippen LogP contribution is 2.21. The van der Waals surface area contributed by atoms with Gasteiger partial charge in [-0.2, -0.15) is 5.10 Å². The lowest BCUT2D eigenvalue weighted by molar-refractivity contribution is 0.478. The molecule has 3 aromatic rings. The van der Waals surface area contributed by atoms with Gasteiger partial charge in [-0.25, -0.2) is 4.68 Å². The van der Waals surface area contributed by atoms with Crippen molar-refractivity contribution >= 4 is 0 Å². The Morgan fingerprint density at radius 3 is 2.59 bits per heavy atom. The van der Waals surface area contributed by atoms with Gasteiger partial charge in [0.1, 0.15) is 5.69 Å². The molecule has 0 saturated heterocycles. The van der Waals surface area contributed by atoms with Crippen LogP contribution in [0.5, 0.6) is 0 Å². The predicted molar refractivity (Wildman–Crippen MR) is 84.3 cm³/mol. The van der Waals surface area contributed by atoms with E-state index >= 15 is 0 Å². The maximum Gasteiger partial charge on any atom is 0.116 e. The molecule has 0 amide bonds. The molecule has 6 nitrogen and oxygen atoms in total. The summed E-state index contributed by atoms with van der Waals surface area (Å²) in [4.78, 5) is 4.05. The zero-order valence-electron chi connectivity index (χ0n) is 13.1. The molecule has 1 unspecified atom stereocenters. The Balaban J connectivity index is 1.83. The molecule has 0 saturated carbocycles. The van der Waals surface area contributed by atoms with Crippen LogP contribution >= 0.6 is 0 Å². The number of hydrogen-bond acceptors (Lipinski definition) is 4. The average Bonchev–Trinajstić information content (AvgIpc) is 3.23. The quantitative estimate of drug-likeness (QED) is 0.725. The molecule has 2 atom stereocenters. The number of aromatic nitrogens is 6. The molecule has 3 rings (SSSR count). The molecule has 3 aromatic heterocycles. The second kappa shape index (κ2) is 6.09.